The molecule has 0 saturated carbocycles. The zero-order valence-electron chi connectivity index (χ0n) is 15.4. The molecule has 1 aliphatic rings. The van der Waals surface area contributed by atoms with Crippen molar-refractivity contribution in [2.75, 3.05) is 35.2 Å². The minimum atomic E-state index is -0.450. The summed E-state index contributed by atoms with van der Waals surface area (Å²) in [5.41, 5.74) is 3.34. The van der Waals surface area contributed by atoms with Gasteiger partial charge in [-0.3, -0.25) is 14.9 Å². The van der Waals surface area contributed by atoms with Gasteiger partial charge in [0.25, 0.3) is 5.69 Å². The van der Waals surface area contributed by atoms with Crippen LogP contribution in [0.1, 0.15) is 24.8 Å². The first-order chi connectivity index (χ1) is 13.0. The second-order valence-corrected chi connectivity index (χ2v) is 6.75. The van der Waals surface area contributed by atoms with E-state index in [9.17, 15) is 14.9 Å². The second kappa shape index (κ2) is 8.53. The highest BCUT2D eigenvalue weighted by Gasteiger charge is 2.12. The number of nitrogens with zero attached hydrogens (tertiary/aromatic N) is 2. The zero-order valence-corrected chi connectivity index (χ0v) is 15.4. The number of nitrogens with one attached hydrogen (secondary N) is 2. The van der Waals surface area contributed by atoms with Crippen LogP contribution in [-0.2, 0) is 4.79 Å². The third-order valence-corrected chi connectivity index (χ3v) is 4.74. The van der Waals surface area contributed by atoms with Gasteiger partial charge in [0.2, 0.25) is 5.91 Å². The van der Waals surface area contributed by atoms with Crippen LogP contribution in [0.3, 0.4) is 0 Å². The fourth-order valence-electron chi connectivity index (χ4n) is 3.20. The molecular weight excluding hydrogens is 344 g/mol. The number of rotatable bonds is 6. The van der Waals surface area contributed by atoms with Crippen LogP contribution in [0.25, 0.3) is 0 Å². The molecule has 1 aliphatic heterocycles. The van der Waals surface area contributed by atoms with Gasteiger partial charge < -0.3 is 15.5 Å². The number of carbonyl (C=O) groups is 1. The van der Waals surface area contributed by atoms with Crippen LogP contribution < -0.4 is 15.5 Å². The minimum Gasteiger partial charge on any atom is -0.376 e. The summed E-state index contributed by atoms with van der Waals surface area (Å²) < 4.78 is 0. The number of nitro groups is 1. The van der Waals surface area contributed by atoms with Gasteiger partial charge >= 0.3 is 0 Å². The zero-order chi connectivity index (χ0) is 19.2. The van der Waals surface area contributed by atoms with Crippen LogP contribution in [0.4, 0.5) is 22.7 Å². The first kappa shape index (κ1) is 18.7. The van der Waals surface area contributed by atoms with E-state index in [1.807, 2.05) is 31.2 Å². The van der Waals surface area contributed by atoms with Crippen molar-refractivity contribution in [3.05, 3.63) is 58.1 Å². The van der Waals surface area contributed by atoms with Crippen LogP contribution in [0.5, 0.6) is 0 Å². The molecular formula is C20H24N4O3. The molecule has 1 amide bonds. The summed E-state index contributed by atoms with van der Waals surface area (Å²) >= 11 is 0. The number of piperidine rings is 1. The highest BCUT2D eigenvalue weighted by Crippen LogP contribution is 2.23. The molecule has 142 valence electrons. The molecule has 0 bridgehead atoms. The predicted octanol–water partition coefficient (Wildman–Crippen LogP) is 3.94. The van der Waals surface area contributed by atoms with E-state index < -0.39 is 4.92 Å². The molecule has 1 saturated heterocycles. The Morgan fingerprint density at radius 2 is 1.81 bits per heavy atom. The summed E-state index contributed by atoms with van der Waals surface area (Å²) in [5.74, 6) is -0.202. The number of hydrogen-bond acceptors (Lipinski definition) is 5. The van der Waals surface area contributed by atoms with Crippen molar-refractivity contribution in [3.8, 4) is 0 Å². The fraction of sp³-hybridized carbons (Fsp3) is 0.350. The number of anilines is 3. The van der Waals surface area contributed by atoms with Crippen molar-refractivity contribution in [2.45, 2.75) is 26.2 Å². The van der Waals surface area contributed by atoms with Gasteiger partial charge in [0.15, 0.2) is 0 Å². The molecule has 1 heterocycles. The summed E-state index contributed by atoms with van der Waals surface area (Å²) in [6.45, 7) is 4.04. The summed E-state index contributed by atoms with van der Waals surface area (Å²) in [4.78, 5) is 25.0. The lowest BCUT2D eigenvalue weighted by molar-refractivity contribution is -0.384. The van der Waals surface area contributed by atoms with Crippen LogP contribution >= 0.6 is 0 Å². The van der Waals surface area contributed by atoms with Crippen molar-refractivity contribution in [2.24, 2.45) is 0 Å². The molecule has 7 nitrogen and oxygen atoms in total. The first-order valence-corrected chi connectivity index (χ1v) is 9.17. The number of non-ortho nitro benzene ring substituents is 1. The van der Waals surface area contributed by atoms with Gasteiger partial charge in [0.05, 0.1) is 11.5 Å². The number of nitro benzene ring substituents is 1. The molecule has 0 aliphatic carbocycles. The quantitative estimate of drug-likeness (QED) is 0.595. The van der Waals surface area contributed by atoms with Crippen LogP contribution in [-0.4, -0.2) is 30.5 Å². The lowest BCUT2D eigenvalue weighted by Gasteiger charge is -2.28. The predicted molar refractivity (Wildman–Crippen MR) is 107 cm³/mol. The van der Waals surface area contributed by atoms with E-state index in [2.05, 4.69) is 15.5 Å². The average molecular weight is 368 g/mol. The Morgan fingerprint density at radius 1 is 1.11 bits per heavy atom. The van der Waals surface area contributed by atoms with Crippen molar-refractivity contribution in [1.29, 1.82) is 0 Å². The highest BCUT2D eigenvalue weighted by molar-refractivity contribution is 5.94. The Balaban J connectivity index is 1.55. The largest absolute Gasteiger partial charge is 0.376 e. The SMILES string of the molecule is Cc1ccc([N+](=O)[O-])cc1NCC(=O)Nc1ccc(N2CCCCC2)cc1. The maximum atomic E-state index is 12.2. The average Bonchev–Trinajstić information content (AvgIpc) is 2.68. The van der Waals surface area contributed by atoms with E-state index in [0.717, 1.165) is 24.3 Å². The number of amides is 1. The van der Waals surface area contributed by atoms with E-state index in [4.69, 9.17) is 0 Å². The van der Waals surface area contributed by atoms with Gasteiger partial charge in [0, 0.05) is 42.3 Å². The Hall–Kier alpha value is -3.09. The minimum absolute atomic E-state index is 0.00295. The maximum Gasteiger partial charge on any atom is 0.271 e. The Bertz CT molecular complexity index is 814. The fourth-order valence-corrected chi connectivity index (χ4v) is 3.20. The van der Waals surface area contributed by atoms with E-state index in [1.165, 1.54) is 37.1 Å². The van der Waals surface area contributed by atoms with Crippen molar-refractivity contribution >= 4 is 28.7 Å². The summed E-state index contributed by atoms with van der Waals surface area (Å²) in [6.07, 6.45) is 3.74. The van der Waals surface area contributed by atoms with Gasteiger partial charge in [-0.2, -0.15) is 0 Å². The summed E-state index contributed by atoms with van der Waals surface area (Å²) in [5, 5.41) is 16.7. The molecule has 3 rings (SSSR count). The molecule has 2 N–H and O–H groups in total. The molecule has 1 fully saturated rings. The van der Waals surface area contributed by atoms with Gasteiger partial charge in [-0.25, -0.2) is 0 Å². The maximum absolute atomic E-state index is 12.2. The summed E-state index contributed by atoms with van der Waals surface area (Å²) in [7, 11) is 0. The van der Waals surface area contributed by atoms with Gasteiger partial charge in [-0.15, -0.1) is 0 Å². The molecule has 27 heavy (non-hydrogen) atoms. The van der Waals surface area contributed by atoms with Gasteiger partial charge in [-0.05, 0) is 56.0 Å². The van der Waals surface area contributed by atoms with Crippen LogP contribution in [0.2, 0.25) is 0 Å². The van der Waals surface area contributed by atoms with Crippen LogP contribution in [0, 0.1) is 17.0 Å². The molecule has 7 heteroatoms. The third-order valence-electron chi connectivity index (χ3n) is 4.74. The monoisotopic (exact) mass is 368 g/mol. The molecule has 2 aromatic rings. The Morgan fingerprint density at radius 3 is 2.48 bits per heavy atom. The topological polar surface area (TPSA) is 87.5 Å². The third kappa shape index (κ3) is 4.97. The van der Waals surface area contributed by atoms with Gasteiger partial charge in [-0.1, -0.05) is 6.07 Å². The van der Waals surface area contributed by atoms with E-state index in [-0.39, 0.29) is 18.1 Å². The Labute approximate surface area is 158 Å². The van der Waals surface area contributed by atoms with E-state index >= 15 is 0 Å². The second-order valence-electron chi connectivity index (χ2n) is 6.75. The molecule has 0 aromatic heterocycles. The molecule has 2 aromatic carbocycles. The van der Waals surface area contributed by atoms with Crippen molar-refractivity contribution < 1.29 is 9.72 Å². The molecule has 0 unspecified atom stereocenters. The van der Waals surface area contributed by atoms with Crippen molar-refractivity contribution in [3.63, 3.8) is 0 Å². The first-order valence-electron chi connectivity index (χ1n) is 9.17. The number of carbonyl (C=O) groups excluding carboxylic acids is 1. The highest BCUT2D eigenvalue weighted by atomic mass is 16.6. The van der Waals surface area contributed by atoms with Gasteiger partial charge in [0.1, 0.15) is 0 Å². The molecule has 0 spiro atoms. The van der Waals surface area contributed by atoms with Crippen molar-refractivity contribution in [1.82, 2.24) is 0 Å². The number of benzene rings is 2. The van der Waals surface area contributed by atoms with Crippen LogP contribution in [0.15, 0.2) is 42.5 Å². The standard InChI is InChI=1S/C20H24N4O3/c1-15-5-8-18(24(26)27)13-19(15)21-14-20(25)22-16-6-9-17(10-7-16)23-11-3-2-4-12-23/h5-10,13,21H,2-4,11-12,14H2,1H3,(H,22,25). The lowest BCUT2D eigenvalue weighted by Crippen LogP contribution is -2.29. The lowest BCUT2D eigenvalue weighted by atomic mass is 10.1. The number of hydrogen-bond donors (Lipinski definition) is 2. The van der Waals surface area contributed by atoms with E-state index in [0.29, 0.717) is 5.69 Å². The molecule has 0 atom stereocenters. The van der Waals surface area contributed by atoms with E-state index in [1.54, 1.807) is 6.07 Å². The number of aryl methyl sites for hydroxylation is 1. The Kier molecular flexibility index (Phi) is 5.90. The smallest absolute Gasteiger partial charge is 0.271 e. The normalized spacial score (nSPS) is 13.9. The summed E-state index contributed by atoms with van der Waals surface area (Å²) in [6, 6.07) is 12.4. The molecule has 0 radical (unpaired) electrons.